The number of nitrogens with one attached hydrogen (secondary N) is 1. The fourth-order valence-corrected chi connectivity index (χ4v) is 2.22. The number of sulfone groups is 1. The molecule has 0 aromatic rings. The lowest BCUT2D eigenvalue weighted by molar-refractivity contribution is 0.165. The zero-order chi connectivity index (χ0) is 12.8. The molecule has 0 bridgehead atoms. The smallest absolute Gasteiger partial charge is 0.156 e. The summed E-state index contributed by atoms with van der Waals surface area (Å²) in [5.41, 5.74) is 0. The molecule has 0 saturated heterocycles. The highest BCUT2D eigenvalue weighted by molar-refractivity contribution is 7.92. The lowest BCUT2D eigenvalue weighted by Gasteiger charge is -2.21. The first-order valence-electron chi connectivity index (χ1n) is 5.69. The molecule has 0 aromatic heterocycles. The van der Waals surface area contributed by atoms with Gasteiger partial charge in [0, 0.05) is 19.7 Å². The van der Waals surface area contributed by atoms with Crippen LogP contribution in [0, 0.1) is 0 Å². The second-order valence-corrected chi connectivity index (χ2v) is 7.81. The van der Waals surface area contributed by atoms with Gasteiger partial charge in [-0.25, -0.2) is 8.42 Å². The average Bonchev–Trinajstić information content (AvgIpc) is 2.14. The van der Waals surface area contributed by atoms with Crippen LogP contribution in [0.3, 0.4) is 0 Å². The molecule has 1 N–H and O–H groups in total. The molecular weight excluding hydrogens is 226 g/mol. The van der Waals surface area contributed by atoms with Gasteiger partial charge >= 0.3 is 0 Å². The van der Waals surface area contributed by atoms with Crippen molar-refractivity contribution in [3.63, 3.8) is 0 Å². The first-order chi connectivity index (χ1) is 7.24. The number of hydrogen-bond acceptors (Lipinski definition) is 4. The molecule has 0 aliphatic rings. The molecular formula is C11H25NO3S. The molecule has 5 heteroatoms. The summed E-state index contributed by atoms with van der Waals surface area (Å²) in [5.74, 6) is 0.177. The van der Waals surface area contributed by atoms with Crippen molar-refractivity contribution >= 4 is 9.84 Å². The molecule has 4 nitrogen and oxygen atoms in total. The third-order valence-corrected chi connectivity index (χ3v) is 5.21. The van der Waals surface area contributed by atoms with Crippen molar-refractivity contribution in [1.82, 2.24) is 5.32 Å². The second kappa shape index (κ2) is 6.57. The van der Waals surface area contributed by atoms with Gasteiger partial charge in [-0.1, -0.05) is 6.92 Å². The number of ether oxygens (including phenoxy) is 1. The van der Waals surface area contributed by atoms with E-state index in [1.807, 2.05) is 0 Å². The molecule has 0 rings (SSSR count). The lowest BCUT2D eigenvalue weighted by atomic mass is 10.2. The van der Waals surface area contributed by atoms with Gasteiger partial charge in [0.2, 0.25) is 0 Å². The predicted molar refractivity (Wildman–Crippen MR) is 67.5 cm³/mol. The first kappa shape index (κ1) is 15.9. The molecule has 0 aliphatic carbocycles. The van der Waals surface area contributed by atoms with Gasteiger partial charge in [0.1, 0.15) is 0 Å². The Balaban J connectivity index is 4.07. The number of hydrogen-bond donors (Lipinski definition) is 1. The summed E-state index contributed by atoms with van der Waals surface area (Å²) >= 11 is 0. The van der Waals surface area contributed by atoms with Crippen molar-refractivity contribution in [3.8, 4) is 0 Å². The molecule has 98 valence electrons. The third-order valence-electron chi connectivity index (χ3n) is 2.60. The molecule has 1 atom stereocenters. The number of methoxy groups -OCH3 is 1. The highest BCUT2D eigenvalue weighted by atomic mass is 32.2. The van der Waals surface area contributed by atoms with E-state index in [-0.39, 0.29) is 11.8 Å². The fraction of sp³-hybridized carbons (Fsp3) is 1.00. The molecule has 0 radical (unpaired) electrons. The minimum atomic E-state index is -3.02. The van der Waals surface area contributed by atoms with Crippen LogP contribution in [-0.2, 0) is 14.6 Å². The van der Waals surface area contributed by atoms with Crippen molar-refractivity contribution in [2.75, 3.05) is 26.0 Å². The van der Waals surface area contributed by atoms with Crippen molar-refractivity contribution in [1.29, 1.82) is 0 Å². The van der Waals surface area contributed by atoms with Gasteiger partial charge in [0.25, 0.3) is 0 Å². The maximum atomic E-state index is 11.8. The minimum absolute atomic E-state index is 0.177. The van der Waals surface area contributed by atoms with Gasteiger partial charge < -0.3 is 10.1 Å². The van der Waals surface area contributed by atoms with Crippen molar-refractivity contribution in [2.45, 2.75) is 44.9 Å². The van der Waals surface area contributed by atoms with Crippen molar-refractivity contribution < 1.29 is 13.2 Å². The average molecular weight is 251 g/mol. The van der Waals surface area contributed by atoms with E-state index in [9.17, 15) is 8.42 Å². The molecule has 0 amide bonds. The zero-order valence-corrected chi connectivity index (χ0v) is 11.9. The van der Waals surface area contributed by atoms with Gasteiger partial charge in [0.05, 0.1) is 17.1 Å². The van der Waals surface area contributed by atoms with E-state index in [0.717, 1.165) is 6.42 Å². The Morgan fingerprint density at radius 1 is 1.31 bits per heavy atom. The summed E-state index contributed by atoms with van der Waals surface area (Å²) in [4.78, 5) is 0. The Morgan fingerprint density at radius 2 is 1.88 bits per heavy atom. The third kappa shape index (κ3) is 5.27. The maximum absolute atomic E-state index is 11.8. The normalized spacial score (nSPS) is 15.1. The second-order valence-electron chi connectivity index (χ2n) is 4.95. The zero-order valence-electron chi connectivity index (χ0n) is 11.0. The highest BCUT2D eigenvalue weighted by Gasteiger charge is 2.28. The summed E-state index contributed by atoms with van der Waals surface area (Å²) in [5, 5.41) is 3.19. The van der Waals surface area contributed by atoms with Gasteiger partial charge in [-0.05, 0) is 27.2 Å². The summed E-state index contributed by atoms with van der Waals surface area (Å²) < 4.78 is 28.0. The van der Waals surface area contributed by atoms with E-state index in [1.54, 1.807) is 27.9 Å². The van der Waals surface area contributed by atoms with E-state index in [2.05, 4.69) is 12.2 Å². The Morgan fingerprint density at radius 3 is 2.25 bits per heavy atom. The molecule has 0 fully saturated rings. The van der Waals surface area contributed by atoms with Crippen LogP contribution in [-0.4, -0.2) is 45.2 Å². The monoisotopic (exact) mass is 251 g/mol. The van der Waals surface area contributed by atoms with E-state index in [0.29, 0.717) is 13.2 Å². The van der Waals surface area contributed by atoms with Crippen LogP contribution in [0.5, 0.6) is 0 Å². The largest absolute Gasteiger partial charge is 0.383 e. The number of rotatable bonds is 7. The molecule has 1 unspecified atom stereocenters. The molecule has 0 spiro atoms. The van der Waals surface area contributed by atoms with E-state index in [4.69, 9.17) is 4.74 Å². The van der Waals surface area contributed by atoms with E-state index in [1.165, 1.54) is 0 Å². The first-order valence-corrected chi connectivity index (χ1v) is 7.34. The van der Waals surface area contributed by atoms with Gasteiger partial charge in [-0.3, -0.25) is 0 Å². The van der Waals surface area contributed by atoms with Crippen LogP contribution in [0.2, 0.25) is 0 Å². The summed E-state index contributed by atoms with van der Waals surface area (Å²) in [6.07, 6.45) is 0.934. The lowest BCUT2D eigenvalue weighted by Crippen LogP contribution is -2.39. The quantitative estimate of drug-likeness (QED) is 0.739. The van der Waals surface area contributed by atoms with Crippen molar-refractivity contribution in [3.05, 3.63) is 0 Å². The van der Waals surface area contributed by atoms with Crippen LogP contribution in [0.15, 0.2) is 0 Å². The van der Waals surface area contributed by atoms with Crippen LogP contribution in [0.4, 0.5) is 0 Å². The molecule has 0 aliphatic heterocycles. The Bertz CT molecular complexity index is 280. The molecule has 0 saturated carbocycles. The maximum Gasteiger partial charge on any atom is 0.156 e. The predicted octanol–water partition coefficient (Wildman–Crippen LogP) is 1.21. The molecule has 0 aromatic carbocycles. The highest BCUT2D eigenvalue weighted by Crippen LogP contribution is 2.15. The Labute approximate surface area is 99.7 Å². The molecule has 16 heavy (non-hydrogen) atoms. The Kier molecular flexibility index (Phi) is 6.51. The van der Waals surface area contributed by atoms with Crippen molar-refractivity contribution in [2.24, 2.45) is 0 Å². The standard InChI is InChI=1S/C11H25NO3S/c1-6-10(9-15-5)12-7-8-16(13,14)11(2,3)4/h10,12H,6-9H2,1-5H3. The minimum Gasteiger partial charge on any atom is -0.383 e. The van der Waals surface area contributed by atoms with Crippen LogP contribution >= 0.6 is 0 Å². The van der Waals surface area contributed by atoms with Crippen LogP contribution in [0.1, 0.15) is 34.1 Å². The summed E-state index contributed by atoms with van der Waals surface area (Å²) in [6, 6.07) is 0.236. The van der Waals surface area contributed by atoms with Gasteiger partial charge in [-0.2, -0.15) is 0 Å². The Hall–Kier alpha value is -0.130. The topological polar surface area (TPSA) is 55.4 Å². The van der Waals surface area contributed by atoms with Gasteiger partial charge in [0.15, 0.2) is 9.84 Å². The van der Waals surface area contributed by atoms with E-state index >= 15 is 0 Å². The fourth-order valence-electron chi connectivity index (χ4n) is 1.23. The van der Waals surface area contributed by atoms with Gasteiger partial charge in [-0.15, -0.1) is 0 Å². The van der Waals surface area contributed by atoms with Crippen LogP contribution in [0.25, 0.3) is 0 Å². The molecule has 0 heterocycles. The summed E-state index contributed by atoms with van der Waals surface area (Å²) in [7, 11) is -1.37. The van der Waals surface area contributed by atoms with E-state index < -0.39 is 14.6 Å². The van der Waals surface area contributed by atoms with Crippen LogP contribution < -0.4 is 5.32 Å². The summed E-state index contributed by atoms with van der Waals surface area (Å²) in [6.45, 7) is 8.35. The SMILES string of the molecule is CCC(COC)NCCS(=O)(=O)C(C)(C)C.